The van der Waals surface area contributed by atoms with Crippen molar-refractivity contribution in [2.45, 2.75) is 32.4 Å². The molecule has 3 nitrogen and oxygen atoms in total. The topological polar surface area (TPSA) is 26.7 Å². The van der Waals surface area contributed by atoms with Crippen molar-refractivity contribution in [3.05, 3.63) is 28.2 Å². The lowest BCUT2D eigenvalue weighted by Crippen LogP contribution is -2.51. The molecule has 2 rings (SSSR count). The average molecular weight is 327 g/mol. The average Bonchev–Trinajstić information content (AvgIpc) is 2.41. The maximum atomic E-state index is 10.1. The van der Waals surface area contributed by atoms with Gasteiger partial charge in [-0.25, -0.2) is 0 Å². The summed E-state index contributed by atoms with van der Waals surface area (Å²) in [6.45, 7) is 7.64. The van der Waals surface area contributed by atoms with Gasteiger partial charge in [0.15, 0.2) is 0 Å². The van der Waals surface area contributed by atoms with E-state index in [1.165, 1.54) is 6.42 Å². The van der Waals surface area contributed by atoms with E-state index in [-0.39, 0.29) is 6.04 Å². The first-order valence-corrected chi connectivity index (χ1v) is 7.75. The van der Waals surface area contributed by atoms with Gasteiger partial charge in [0.25, 0.3) is 0 Å². The third-order valence-corrected chi connectivity index (χ3v) is 4.76. The highest BCUT2D eigenvalue weighted by atomic mass is 79.9. The van der Waals surface area contributed by atoms with Crippen LogP contribution in [0.25, 0.3) is 0 Å². The van der Waals surface area contributed by atoms with Crippen LogP contribution < -0.4 is 0 Å². The standard InChI is InChI=1S/C15H23BrN2O/c1-4-13-10-18(8-7-17(13)3)11(2)14-9-12(16)5-6-15(14)19/h5-6,9,11,13,19H,4,7-8,10H2,1-3H3. The molecule has 1 aromatic carbocycles. The number of nitrogens with zero attached hydrogens (tertiary/aromatic N) is 2. The first kappa shape index (κ1) is 14.8. The Hall–Kier alpha value is -0.580. The smallest absolute Gasteiger partial charge is 0.120 e. The molecule has 1 heterocycles. The summed E-state index contributed by atoms with van der Waals surface area (Å²) in [5.74, 6) is 0.391. The molecule has 19 heavy (non-hydrogen) atoms. The molecule has 0 bridgehead atoms. The number of benzene rings is 1. The summed E-state index contributed by atoms with van der Waals surface area (Å²) in [4.78, 5) is 4.90. The Morgan fingerprint density at radius 1 is 1.42 bits per heavy atom. The monoisotopic (exact) mass is 326 g/mol. The molecule has 1 aliphatic rings. The summed E-state index contributed by atoms with van der Waals surface area (Å²) in [6, 6.07) is 6.54. The summed E-state index contributed by atoms with van der Waals surface area (Å²) >= 11 is 3.49. The second-order valence-electron chi connectivity index (χ2n) is 5.42. The van der Waals surface area contributed by atoms with E-state index in [1.807, 2.05) is 12.1 Å². The molecule has 2 unspecified atom stereocenters. The lowest BCUT2D eigenvalue weighted by atomic mass is 10.0. The highest BCUT2D eigenvalue weighted by molar-refractivity contribution is 9.10. The zero-order chi connectivity index (χ0) is 14.0. The van der Waals surface area contributed by atoms with Crippen molar-refractivity contribution in [1.29, 1.82) is 0 Å². The summed E-state index contributed by atoms with van der Waals surface area (Å²) in [5, 5.41) is 10.1. The largest absolute Gasteiger partial charge is 0.508 e. The number of halogens is 1. The van der Waals surface area contributed by atoms with Crippen molar-refractivity contribution in [1.82, 2.24) is 9.80 Å². The highest BCUT2D eigenvalue weighted by Crippen LogP contribution is 2.32. The van der Waals surface area contributed by atoms with Gasteiger partial charge >= 0.3 is 0 Å². The quantitative estimate of drug-likeness (QED) is 0.923. The Bertz CT molecular complexity index is 438. The summed E-state index contributed by atoms with van der Waals surface area (Å²) < 4.78 is 1.02. The third kappa shape index (κ3) is 3.30. The molecule has 1 fully saturated rings. The number of hydrogen-bond donors (Lipinski definition) is 1. The second kappa shape index (κ2) is 6.25. The zero-order valence-corrected chi connectivity index (χ0v) is 13.5. The Morgan fingerprint density at radius 2 is 2.16 bits per heavy atom. The van der Waals surface area contributed by atoms with Crippen LogP contribution in [-0.4, -0.2) is 47.6 Å². The normalized spacial score (nSPS) is 23.5. The molecule has 4 heteroatoms. The minimum absolute atomic E-state index is 0.250. The lowest BCUT2D eigenvalue weighted by Gasteiger charge is -2.42. The molecule has 1 N–H and O–H groups in total. The molecule has 106 valence electrons. The van der Waals surface area contributed by atoms with E-state index in [2.05, 4.69) is 46.6 Å². The number of hydrogen-bond acceptors (Lipinski definition) is 3. The number of rotatable bonds is 3. The van der Waals surface area contributed by atoms with Crippen molar-refractivity contribution in [3.8, 4) is 5.75 Å². The Labute approximate surface area is 124 Å². The number of likely N-dealkylation sites (N-methyl/N-ethyl adjacent to an activating group) is 1. The van der Waals surface area contributed by atoms with Crippen LogP contribution in [0.5, 0.6) is 5.75 Å². The van der Waals surface area contributed by atoms with Crippen molar-refractivity contribution >= 4 is 15.9 Å². The van der Waals surface area contributed by atoms with Crippen LogP contribution in [0.15, 0.2) is 22.7 Å². The molecule has 0 aliphatic carbocycles. The van der Waals surface area contributed by atoms with E-state index in [4.69, 9.17) is 0 Å². The number of phenols is 1. The fourth-order valence-electron chi connectivity index (χ4n) is 2.82. The lowest BCUT2D eigenvalue weighted by molar-refractivity contribution is 0.0667. The molecule has 0 spiro atoms. The molecular weight excluding hydrogens is 304 g/mol. The molecular formula is C15H23BrN2O. The maximum Gasteiger partial charge on any atom is 0.120 e. The van der Waals surface area contributed by atoms with Gasteiger partial charge in [-0.05, 0) is 38.6 Å². The molecule has 2 atom stereocenters. The van der Waals surface area contributed by atoms with E-state index in [0.29, 0.717) is 11.8 Å². The summed E-state index contributed by atoms with van der Waals surface area (Å²) in [7, 11) is 2.20. The highest BCUT2D eigenvalue weighted by Gasteiger charge is 2.27. The molecule has 1 saturated heterocycles. The van der Waals surface area contributed by atoms with Gasteiger partial charge in [0.1, 0.15) is 5.75 Å². The van der Waals surface area contributed by atoms with Crippen LogP contribution in [0.1, 0.15) is 31.9 Å². The van der Waals surface area contributed by atoms with Crippen LogP contribution in [0, 0.1) is 0 Å². The van der Waals surface area contributed by atoms with Crippen molar-refractivity contribution in [2.75, 3.05) is 26.7 Å². The van der Waals surface area contributed by atoms with Crippen LogP contribution in [0.2, 0.25) is 0 Å². The number of piperazine rings is 1. The summed E-state index contributed by atoms with van der Waals surface area (Å²) in [6.07, 6.45) is 1.17. The first-order valence-electron chi connectivity index (χ1n) is 6.95. The molecule has 0 radical (unpaired) electrons. The molecule has 1 aliphatic heterocycles. The molecule has 0 amide bonds. The van der Waals surface area contributed by atoms with Crippen LogP contribution in [0.3, 0.4) is 0 Å². The Morgan fingerprint density at radius 3 is 2.84 bits per heavy atom. The van der Waals surface area contributed by atoms with Gasteiger partial charge in [0.05, 0.1) is 0 Å². The van der Waals surface area contributed by atoms with Gasteiger partial charge in [-0.15, -0.1) is 0 Å². The Kier molecular flexibility index (Phi) is 4.87. The van der Waals surface area contributed by atoms with E-state index < -0.39 is 0 Å². The van der Waals surface area contributed by atoms with Crippen LogP contribution in [0.4, 0.5) is 0 Å². The maximum absolute atomic E-state index is 10.1. The SMILES string of the molecule is CCC1CN(C(C)c2cc(Br)ccc2O)CCN1C. The van der Waals surface area contributed by atoms with E-state index in [1.54, 1.807) is 6.07 Å². The van der Waals surface area contributed by atoms with E-state index in [0.717, 1.165) is 29.7 Å². The van der Waals surface area contributed by atoms with Crippen LogP contribution >= 0.6 is 15.9 Å². The van der Waals surface area contributed by atoms with Gasteiger partial charge in [0, 0.05) is 41.8 Å². The van der Waals surface area contributed by atoms with Gasteiger partial charge in [-0.2, -0.15) is 0 Å². The number of aromatic hydroxyl groups is 1. The fraction of sp³-hybridized carbons (Fsp3) is 0.600. The van der Waals surface area contributed by atoms with Crippen molar-refractivity contribution < 1.29 is 5.11 Å². The predicted octanol–water partition coefficient (Wildman–Crippen LogP) is 3.24. The van der Waals surface area contributed by atoms with Gasteiger partial charge in [-0.1, -0.05) is 22.9 Å². The fourth-order valence-corrected chi connectivity index (χ4v) is 3.20. The van der Waals surface area contributed by atoms with E-state index in [9.17, 15) is 5.11 Å². The van der Waals surface area contributed by atoms with Crippen molar-refractivity contribution in [3.63, 3.8) is 0 Å². The third-order valence-electron chi connectivity index (χ3n) is 4.27. The number of phenolic OH excluding ortho intramolecular Hbond substituents is 1. The molecule has 0 aromatic heterocycles. The minimum atomic E-state index is 0.250. The first-order chi connectivity index (χ1) is 9.02. The zero-order valence-electron chi connectivity index (χ0n) is 11.9. The molecule has 0 saturated carbocycles. The predicted molar refractivity (Wildman–Crippen MR) is 82.5 cm³/mol. The summed E-state index contributed by atoms with van der Waals surface area (Å²) in [5.41, 5.74) is 1.01. The minimum Gasteiger partial charge on any atom is -0.508 e. The molecule has 1 aromatic rings. The second-order valence-corrected chi connectivity index (χ2v) is 6.33. The van der Waals surface area contributed by atoms with E-state index >= 15 is 0 Å². The Balaban J connectivity index is 2.15. The van der Waals surface area contributed by atoms with Gasteiger partial charge in [0.2, 0.25) is 0 Å². The van der Waals surface area contributed by atoms with Crippen LogP contribution in [-0.2, 0) is 0 Å². The van der Waals surface area contributed by atoms with Gasteiger partial charge < -0.3 is 10.0 Å². The van der Waals surface area contributed by atoms with Gasteiger partial charge in [-0.3, -0.25) is 4.90 Å². The van der Waals surface area contributed by atoms with Crippen molar-refractivity contribution in [2.24, 2.45) is 0 Å².